The van der Waals surface area contributed by atoms with Crippen LogP contribution in [0.15, 0.2) is 17.5 Å². The molecule has 1 amide bonds. The maximum atomic E-state index is 12.2. The standard InChI is InChI=1S/C12H19N5O2/c1-4-17(7-8(2)11(13)16-19)12(18)10-6-14-9(3)5-15-10/h5-6,8,19H,4,7H2,1-3H3,(H2,13,16). The number of nitrogens with two attached hydrogens (primary N) is 1. The molecule has 1 rings (SSSR count). The summed E-state index contributed by atoms with van der Waals surface area (Å²) in [5, 5.41) is 11.6. The second-order valence-electron chi connectivity index (χ2n) is 4.31. The number of carbonyl (C=O) groups is 1. The predicted molar refractivity (Wildman–Crippen MR) is 70.9 cm³/mol. The third-order valence-corrected chi connectivity index (χ3v) is 2.78. The molecule has 7 heteroatoms. The van der Waals surface area contributed by atoms with E-state index in [0.717, 1.165) is 5.69 Å². The Morgan fingerprint density at radius 2 is 2.21 bits per heavy atom. The van der Waals surface area contributed by atoms with Gasteiger partial charge in [0, 0.05) is 25.2 Å². The first-order chi connectivity index (χ1) is 8.99. The van der Waals surface area contributed by atoms with Crippen molar-refractivity contribution in [2.75, 3.05) is 13.1 Å². The monoisotopic (exact) mass is 265 g/mol. The van der Waals surface area contributed by atoms with Gasteiger partial charge in [0.25, 0.3) is 5.91 Å². The number of rotatable bonds is 5. The number of amides is 1. The molecule has 1 heterocycles. The second-order valence-corrected chi connectivity index (χ2v) is 4.31. The van der Waals surface area contributed by atoms with Crippen molar-refractivity contribution < 1.29 is 10.0 Å². The molecule has 0 aliphatic carbocycles. The molecule has 7 nitrogen and oxygen atoms in total. The average molecular weight is 265 g/mol. The lowest BCUT2D eigenvalue weighted by Gasteiger charge is -2.23. The summed E-state index contributed by atoms with van der Waals surface area (Å²) >= 11 is 0. The van der Waals surface area contributed by atoms with Gasteiger partial charge in [0.2, 0.25) is 0 Å². The van der Waals surface area contributed by atoms with Gasteiger partial charge in [-0.05, 0) is 13.8 Å². The van der Waals surface area contributed by atoms with Gasteiger partial charge in [-0.3, -0.25) is 9.78 Å². The molecular formula is C12H19N5O2. The van der Waals surface area contributed by atoms with Crippen LogP contribution in [0.4, 0.5) is 0 Å². The van der Waals surface area contributed by atoms with E-state index in [1.807, 2.05) is 6.92 Å². The minimum atomic E-state index is -0.229. The Morgan fingerprint density at radius 1 is 1.53 bits per heavy atom. The lowest BCUT2D eigenvalue weighted by Crippen LogP contribution is -2.39. The molecule has 0 aliphatic rings. The first kappa shape index (κ1) is 14.9. The Balaban J connectivity index is 2.80. The van der Waals surface area contributed by atoms with Crippen molar-refractivity contribution in [3.63, 3.8) is 0 Å². The maximum Gasteiger partial charge on any atom is 0.274 e. The summed E-state index contributed by atoms with van der Waals surface area (Å²) in [5.41, 5.74) is 6.56. The van der Waals surface area contributed by atoms with E-state index in [2.05, 4.69) is 15.1 Å². The van der Waals surface area contributed by atoms with Gasteiger partial charge in [0.1, 0.15) is 11.5 Å². The molecule has 0 saturated heterocycles. The van der Waals surface area contributed by atoms with Crippen LogP contribution in [0.1, 0.15) is 30.0 Å². The zero-order chi connectivity index (χ0) is 14.4. The highest BCUT2D eigenvalue weighted by Gasteiger charge is 2.20. The van der Waals surface area contributed by atoms with E-state index in [0.29, 0.717) is 18.8 Å². The first-order valence-corrected chi connectivity index (χ1v) is 6.04. The van der Waals surface area contributed by atoms with Crippen molar-refractivity contribution in [2.45, 2.75) is 20.8 Å². The SMILES string of the molecule is CCN(CC(C)C(N)=NO)C(=O)c1cnc(C)cn1. The molecule has 0 bridgehead atoms. The molecule has 1 unspecified atom stereocenters. The molecule has 3 N–H and O–H groups in total. The molecule has 104 valence electrons. The Labute approximate surface area is 112 Å². The van der Waals surface area contributed by atoms with Crippen LogP contribution in [-0.2, 0) is 0 Å². The molecule has 19 heavy (non-hydrogen) atoms. The molecule has 1 aromatic heterocycles. The van der Waals surface area contributed by atoms with Crippen LogP contribution < -0.4 is 5.73 Å². The summed E-state index contributed by atoms with van der Waals surface area (Å²) in [7, 11) is 0. The molecular weight excluding hydrogens is 246 g/mol. The van der Waals surface area contributed by atoms with Crippen molar-refractivity contribution in [2.24, 2.45) is 16.8 Å². The predicted octanol–water partition coefficient (Wildman–Crippen LogP) is 0.630. The number of amidine groups is 1. The molecule has 1 aromatic rings. The molecule has 0 fully saturated rings. The van der Waals surface area contributed by atoms with E-state index in [1.165, 1.54) is 6.20 Å². The highest BCUT2D eigenvalue weighted by Crippen LogP contribution is 2.06. The number of hydrogen-bond acceptors (Lipinski definition) is 5. The summed E-state index contributed by atoms with van der Waals surface area (Å²) in [4.78, 5) is 21.9. The second kappa shape index (κ2) is 6.67. The van der Waals surface area contributed by atoms with Gasteiger partial charge in [0.05, 0.1) is 11.9 Å². The van der Waals surface area contributed by atoms with E-state index in [9.17, 15) is 4.79 Å². The number of nitrogens with zero attached hydrogens (tertiary/aromatic N) is 4. The lowest BCUT2D eigenvalue weighted by atomic mass is 10.1. The van der Waals surface area contributed by atoms with Gasteiger partial charge >= 0.3 is 0 Å². The number of aryl methyl sites for hydroxylation is 1. The topological polar surface area (TPSA) is 105 Å². The molecule has 0 spiro atoms. The van der Waals surface area contributed by atoms with Crippen molar-refractivity contribution >= 4 is 11.7 Å². The number of carbonyl (C=O) groups excluding carboxylic acids is 1. The zero-order valence-electron chi connectivity index (χ0n) is 11.4. The quantitative estimate of drug-likeness (QED) is 0.351. The van der Waals surface area contributed by atoms with E-state index >= 15 is 0 Å². The summed E-state index contributed by atoms with van der Waals surface area (Å²) in [6.07, 6.45) is 3.00. The van der Waals surface area contributed by atoms with E-state index in [1.54, 1.807) is 24.9 Å². The van der Waals surface area contributed by atoms with Crippen molar-refractivity contribution in [3.8, 4) is 0 Å². The van der Waals surface area contributed by atoms with E-state index in [-0.39, 0.29) is 17.7 Å². The normalized spacial score (nSPS) is 13.1. The van der Waals surface area contributed by atoms with Crippen LogP contribution in [0.3, 0.4) is 0 Å². The van der Waals surface area contributed by atoms with Gasteiger partial charge in [-0.25, -0.2) is 4.98 Å². The van der Waals surface area contributed by atoms with E-state index < -0.39 is 0 Å². The third-order valence-electron chi connectivity index (χ3n) is 2.78. The van der Waals surface area contributed by atoms with E-state index in [4.69, 9.17) is 10.9 Å². The van der Waals surface area contributed by atoms with Crippen molar-refractivity contribution in [1.29, 1.82) is 0 Å². The minimum absolute atomic E-state index is 0.0984. The largest absolute Gasteiger partial charge is 0.409 e. The fraction of sp³-hybridized carbons (Fsp3) is 0.500. The van der Waals surface area contributed by atoms with Gasteiger partial charge in [0.15, 0.2) is 0 Å². The van der Waals surface area contributed by atoms with Crippen LogP contribution in [0, 0.1) is 12.8 Å². The number of oxime groups is 1. The summed E-state index contributed by atoms with van der Waals surface area (Å²) in [5.74, 6) is -0.346. The van der Waals surface area contributed by atoms with Crippen LogP contribution in [0.25, 0.3) is 0 Å². The Kier molecular flexibility index (Phi) is 5.23. The molecule has 0 radical (unpaired) electrons. The first-order valence-electron chi connectivity index (χ1n) is 6.04. The highest BCUT2D eigenvalue weighted by molar-refractivity contribution is 5.92. The molecule has 0 aromatic carbocycles. The smallest absolute Gasteiger partial charge is 0.274 e. The number of hydrogen-bond donors (Lipinski definition) is 2. The molecule has 1 atom stereocenters. The third kappa shape index (κ3) is 3.90. The van der Waals surface area contributed by atoms with Crippen LogP contribution in [0.2, 0.25) is 0 Å². The Morgan fingerprint density at radius 3 is 2.68 bits per heavy atom. The number of aromatic nitrogens is 2. The zero-order valence-corrected chi connectivity index (χ0v) is 11.4. The summed E-state index contributed by atoms with van der Waals surface area (Å²) < 4.78 is 0. The van der Waals surface area contributed by atoms with Gasteiger partial charge < -0.3 is 15.8 Å². The van der Waals surface area contributed by atoms with Gasteiger partial charge in [-0.2, -0.15) is 0 Å². The fourth-order valence-electron chi connectivity index (χ4n) is 1.54. The van der Waals surface area contributed by atoms with Gasteiger partial charge in [-0.15, -0.1) is 0 Å². The lowest BCUT2D eigenvalue weighted by molar-refractivity contribution is 0.0747. The summed E-state index contributed by atoms with van der Waals surface area (Å²) in [6.45, 7) is 6.32. The Hall–Kier alpha value is -2.18. The maximum absolute atomic E-state index is 12.2. The van der Waals surface area contributed by atoms with Crippen molar-refractivity contribution in [1.82, 2.24) is 14.9 Å². The average Bonchev–Trinajstić information content (AvgIpc) is 2.43. The minimum Gasteiger partial charge on any atom is -0.409 e. The van der Waals surface area contributed by atoms with Gasteiger partial charge in [-0.1, -0.05) is 12.1 Å². The fourth-order valence-corrected chi connectivity index (χ4v) is 1.54. The highest BCUT2D eigenvalue weighted by atomic mass is 16.4. The molecule has 0 saturated carbocycles. The molecule has 0 aliphatic heterocycles. The van der Waals surface area contributed by atoms with Crippen LogP contribution >= 0.6 is 0 Å². The van der Waals surface area contributed by atoms with Crippen molar-refractivity contribution in [3.05, 3.63) is 23.8 Å². The summed E-state index contributed by atoms with van der Waals surface area (Å²) in [6, 6.07) is 0. The van der Waals surface area contributed by atoms with Crippen LogP contribution in [0.5, 0.6) is 0 Å². The Bertz CT molecular complexity index is 458. The van der Waals surface area contributed by atoms with Crippen LogP contribution in [-0.4, -0.2) is 44.9 Å².